The van der Waals surface area contributed by atoms with Crippen molar-refractivity contribution in [3.8, 4) is 5.69 Å². The number of para-hydroxylation sites is 1. The number of benzene rings is 1. The molecule has 0 unspecified atom stereocenters. The normalized spacial score (nSPS) is 14.8. The van der Waals surface area contributed by atoms with Gasteiger partial charge in [0.25, 0.3) is 5.91 Å². The lowest BCUT2D eigenvalue weighted by atomic mass is 10.1. The molecule has 1 saturated heterocycles. The molecule has 25 heavy (non-hydrogen) atoms. The van der Waals surface area contributed by atoms with E-state index in [1.807, 2.05) is 24.3 Å². The van der Waals surface area contributed by atoms with Crippen molar-refractivity contribution in [3.05, 3.63) is 40.9 Å². The van der Waals surface area contributed by atoms with E-state index in [9.17, 15) is 4.79 Å². The first-order chi connectivity index (χ1) is 11.7. The van der Waals surface area contributed by atoms with Crippen LogP contribution in [0, 0.1) is 0 Å². The van der Waals surface area contributed by atoms with Gasteiger partial charge in [0.05, 0.1) is 10.7 Å². The molecule has 1 aromatic heterocycles. The lowest BCUT2D eigenvalue weighted by Crippen LogP contribution is -2.43. The zero-order valence-corrected chi connectivity index (χ0v) is 15.7. The van der Waals surface area contributed by atoms with Gasteiger partial charge < -0.3 is 10.6 Å². The number of nitrogens with zero attached hydrogens (tertiary/aromatic N) is 3. The number of amides is 1. The molecule has 3 rings (SSSR count). The maximum absolute atomic E-state index is 12.5. The SMILES string of the molecule is CCCc1nc(C(=O)NC2CCNCC2)nn1-c1ccccc1Cl.Cl. The molecule has 0 spiro atoms. The standard InChI is InChI=1S/C17H22ClN5O.ClH/c1-2-5-15-21-16(17(24)20-12-8-10-19-11-9-12)22-23(15)14-7-4-3-6-13(14)18;/h3-4,6-7,12,19H,2,5,8-11H2,1H3,(H,20,24);1H. The number of aromatic nitrogens is 3. The van der Waals surface area contributed by atoms with Crippen LogP contribution in [0.1, 0.15) is 42.6 Å². The van der Waals surface area contributed by atoms with Crippen LogP contribution in [-0.4, -0.2) is 39.8 Å². The minimum atomic E-state index is -0.218. The molecule has 2 aromatic rings. The van der Waals surface area contributed by atoms with Crippen LogP contribution in [0.3, 0.4) is 0 Å². The van der Waals surface area contributed by atoms with Crippen molar-refractivity contribution >= 4 is 29.9 Å². The van der Waals surface area contributed by atoms with E-state index in [2.05, 4.69) is 27.6 Å². The first-order valence-electron chi connectivity index (χ1n) is 8.41. The fourth-order valence-corrected chi connectivity index (χ4v) is 3.07. The second kappa shape index (κ2) is 9.17. The largest absolute Gasteiger partial charge is 0.346 e. The van der Waals surface area contributed by atoms with Gasteiger partial charge in [-0.05, 0) is 44.5 Å². The smallest absolute Gasteiger partial charge is 0.291 e. The molecule has 136 valence electrons. The summed E-state index contributed by atoms with van der Waals surface area (Å²) in [5, 5.41) is 11.3. The van der Waals surface area contributed by atoms with Crippen molar-refractivity contribution < 1.29 is 4.79 Å². The van der Waals surface area contributed by atoms with Crippen molar-refractivity contribution in [1.29, 1.82) is 0 Å². The molecule has 1 aliphatic heterocycles. The molecule has 1 amide bonds. The Kier molecular flexibility index (Phi) is 7.23. The highest BCUT2D eigenvalue weighted by molar-refractivity contribution is 6.32. The third-order valence-electron chi connectivity index (χ3n) is 4.11. The van der Waals surface area contributed by atoms with E-state index in [0.29, 0.717) is 5.02 Å². The van der Waals surface area contributed by atoms with Crippen molar-refractivity contribution in [1.82, 2.24) is 25.4 Å². The molecule has 1 aliphatic rings. The van der Waals surface area contributed by atoms with Gasteiger partial charge in [0.2, 0.25) is 5.82 Å². The van der Waals surface area contributed by atoms with Crippen molar-refractivity contribution in [3.63, 3.8) is 0 Å². The van der Waals surface area contributed by atoms with Crippen LogP contribution in [0.5, 0.6) is 0 Å². The minimum Gasteiger partial charge on any atom is -0.346 e. The molecule has 2 N–H and O–H groups in total. The number of carbonyl (C=O) groups excluding carboxylic acids is 1. The van der Waals surface area contributed by atoms with Gasteiger partial charge in [-0.25, -0.2) is 9.67 Å². The molecule has 2 heterocycles. The average molecular weight is 384 g/mol. The third-order valence-corrected chi connectivity index (χ3v) is 4.43. The first kappa shape index (κ1) is 19.7. The molecule has 8 heteroatoms. The van der Waals surface area contributed by atoms with Crippen LogP contribution >= 0.6 is 24.0 Å². The number of nitrogens with one attached hydrogen (secondary N) is 2. The molecular formula is C17H23Cl2N5O. The first-order valence-corrected chi connectivity index (χ1v) is 8.79. The van der Waals surface area contributed by atoms with E-state index >= 15 is 0 Å². The Bertz CT molecular complexity index is 713. The highest BCUT2D eigenvalue weighted by Gasteiger charge is 2.21. The lowest BCUT2D eigenvalue weighted by Gasteiger charge is -2.22. The second-order valence-corrected chi connectivity index (χ2v) is 6.37. The van der Waals surface area contributed by atoms with Crippen molar-refractivity contribution in [2.75, 3.05) is 13.1 Å². The third kappa shape index (κ3) is 4.71. The minimum absolute atomic E-state index is 0. The molecule has 0 atom stereocenters. The van der Waals surface area contributed by atoms with Crippen molar-refractivity contribution in [2.45, 2.75) is 38.6 Å². The number of hydrogen-bond acceptors (Lipinski definition) is 4. The van der Waals surface area contributed by atoms with E-state index in [4.69, 9.17) is 11.6 Å². The fraction of sp³-hybridized carbons (Fsp3) is 0.471. The Morgan fingerprint density at radius 3 is 2.76 bits per heavy atom. The summed E-state index contributed by atoms with van der Waals surface area (Å²) in [6, 6.07) is 7.63. The zero-order valence-electron chi connectivity index (χ0n) is 14.2. The van der Waals surface area contributed by atoms with Gasteiger partial charge in [-0.15, -0.1) is 17.5 Å². The van der Waals surface area contributed by atoms with Gasteiger partial charge in [-0.3, -0.25) is 4.79 Å². The van der Waals surface area contributed by atoms with Crippen LogP contribution in [0.2, 0.25) is 5.02 Å². The van der Waals surface area contributed by atoms with E-state index in [1.54, 1.807) is 4.68 Å². The summed E-state index contributed by atoms with van der Waals surface area (Å²) in [6.45, 7) is 3.92. The molecule has 0 saturated carbocycles. The van der Waals surface area contributed by atoms with E-state index in [0.717, 1.165) is 50.3 Å². The highest BCUT2D eigenvalue weighted by Crippen LogP contribution is 2.21. The monoisotopic (exact) mass is 383 g/mol. The van der Waals surface area contributed by atoms with Gasteiger partial charge in [0, 0.05) is 12.5 Å². The molecular weight excluding hydrogens is 361 g/mol. The lowest BCUT2D eigenvalue weighted by molar-refractivity contribution is 0.0919. The molecule has 1 aromatic carbocycles. The number of piperidine rings is 1. The number of halogens is 2. The predicted octanol–water partition coefficient (Wildman–Crippen LogP) is 2.78. The number of aryl methyl sites for hydroxylation is 1. The molecule has 6 nitrogen and oxygen atoms in total. The predicted molar refractivity (Wildman–Crippen MR) is 101 cm³/mol. The highest BCUT2D eigenvalue weighted by atomic mass is 35.5. The van der Waals surface area contributed by atoms with Crippen LogP contribution in [-0.2, 0) is 6.42 Å². The summed E-state index contributed by atoms with van der Waals surface area (Å²) in [6.07, 6.45) is 3.51. The number of carbonyl (C=O) groups is 1. The Hall–Kier alpha value is -1.63. The number of hydrogen-bond donors (Lipinski definition) is 2. The Morgan fingerprint density at radius 2 is 2.08 bits per heavy atom. The van der Waals surface area contributed by atoms with E-state index in [-0.39, 0.29) is 30.2 Å². The fourth-order valence-electron chi connectivity index (χ4n) is 2.86. The van der Waals surface area contributed by atoms with Crippen LogP contribution < -0.4 is 10.6 Å². The summed E-state index contributed by atoms with van der Waals surface area (Å²) in [4.78, 5) is 16.9. The maximum atomic E-state index is 12.5. The van der Waals surface area contributed by atoms with Crippen LogP contribution in [0.15, 0.2) is 24.3 Å². The Labute approximate surface area is 158 Å². The Morgan fingerprint density at radius 1 is 1.36 bits per heavy atom. The average Bonchev–Trinajstić information content (AvgIpc) is 3.00. The maximum Gasteiger partial charge on any atom is 0.291 e. The second-order valence-electron chi connectivity index (χ2n) is 5.96. The van der Waals surface area contributed by atoms with Crippen molar-refractivity contribution in [2.24, 2.45) is 0 Å². The number of rotatable bonds is 5. The summed E-state index contributed by atoms with van der Waals surface area (Å²) in [7, 11) is 0. The summed E-state index contributed by atoms with van der Waals surface area (Å²) in [5.41, 5.74) is 0.746. The van der Waals surface area contributed by atoms with Gasteiger partial charge in [-0.2, -0.15) is 0 Å². The Balaban J connectivity index is 0.00000225. The summed E-state index contributed by atoms with van der Waals surface area (Å²) >= 11 is 6.28. The molecule has 0 aliphatic carbocycles. The van der Waals surface area contributed by atoms with Gasteiger partial charge in [-0.1, -0.05) is 30.7 Å². The van der Waals surface area contributed by atoms with E-state index < -0.39 is 0 Å². The summed E-state index contributed by atoms with van der Waals surface area (Å²) < 4.78 is 1.68. The van der Waals surface area contributed by atoms with Gasteiger partial charge in [0.1, 0.15) is 5.82 Å². The van der Waals surface area contributed by atoms with Crippen LogP contribution in [0.4, 0.5) is 0 Å². The molecule has 0 bridgehead atoms. The molecule has 1 fully saturated rings. The quantitative estimate of drug-likeness (QED) is 0.832. The van der Waals surface area contributed by atoms with Gasteiger partial charge in [0.15, 0.2) is 0 Å². The summed E-state index contributed by atoms with van der Waals surface area (Å²) in [5.74, 6) is 0.739. The zero-order chi connectivity index (χ0) is 16.9. The molecule has 0 radical (unpaired) electrons. The van der Waals surface area contributed by atoms with Crippen LogP contribution in [0.25, 0.3) is 5.69 Å². The van der Waals surface area contributed by atoms with E-state index in [1.165, 1.54) is 0 Å². The topological polar surface area (TPSA) is 71.8 Å². The van der Waals surface area contributed by atoms with Gasteiger partial charge >= 0.3 is 0 Å².